The van der Waals surface area contributed by atoms with Crippen LogP contribution >= 0.6 is 11.3 Å². The van der Waals surface area contributed by atoms with E-state index in [0.717, 1.165) is 10.4 Å². The number of rotatable bonds is 2. The van der Waals surface area contributed by atoms with E-state index in [2.05, 4.69) is 4.98 Å². The Morgan fingerprint density at radius 2 is 2.00 bits per heavy atom. The van der Waals surface area contributed by atoms with Gasteiger partial charge in [0.15, 0.2) is 5.13 Å². The summed E-state index contributed by atoms with van der Waals surface area (Å²) in [7, 11) is 0. The van der Waals surface area contributed by atoms with E-state index in [1.54, 1.807) is 11.1 Å². The fraction of sp³-hybridized carbons (Fsp3) is 0.312. The maximum absolute atomic E-state index is 12.6. The molecule has 4 rings (SSSR count). The zero-order chi connectivity index (χ0) is 16.0. The summed E-state index contributed by atoms with van der Waals surface area (Å²) in [6.45, 7) is 1.28. The number of likely N-dealkylation sites (tertiary alicyclic amines) is 1. The van der Waals surface area contributed by atoms with Crippen LogP contribution in [0.15, 0.2) is 36.5 Å². The van der Waals surface area contributed by atoms with Crippen LogP contribution < -0.4 is 4.90 Å². The zero-order valence-corrected chi connectivity index (χ0v) is 13.1. The topological polar surface area (TPSA) is 73.7 Å². The first-order valence-electron chi connectivity index (χ1n) is 7.44. The number of hydrogen-bond acceptors (Lipinski definition) is 4. The molecule has 0 bridgehead atoms. The van der Waals surface area contributed by atoms with E-state index < -0.39 is 6.09 Å². The van der Waals surface area contributed by atoms with Crippen LogP contribution in [0.1, 0.15) is 0 Å². The summed E-state index contributed by atoms with van der Waals surface area (Å²) in [4.78, 5) is 32.1. The third-order valence-corrected chi connectivity index (χ3v) is 5.56. The molecule has 2 aliphatic rings. The van der Waals surface area contributed by atoms with Gasteiger partial charge in [-0.15, -0.1) is 0 Å². The van der Waals surface area contributed by atoms with Crippen LogP contribution in [0.25, 0.3) is 10.4 Å². The van der Waals surface area contributed by atoms with Crippen molar-refractivity contribution in [2.75, 3.05) is 24.5 Å². The van der Waals surface area contributed by atoms with Gasteiger partial charge in [-0.1, -0.05) is 41.7 Å². The van der Waals surface area contributed by atoms with Crippen LogP contribution in [-0.2, 0) is 4.79 Å². The monoisotopic (exact) mass is 329 g/mol. The van der Waals surface area contributed by atoms with Crippen LogP contribution in [0.2, 0.25) is 0 Å². The normalized spacial score (nSPS) is 23.4. The molecule has 7 heteroatoms. The van der Waals surface area contributed by atoms with Gasteiger partial charge in [-0.3, -0.25) is 9.69 Å². The molecule has 0 aliphatic carbocycles. The highest BCUT2D eigenvalue weighted by molar-refractivity contribution is 7.19. The molecule has 2 atom stereocenters. The quantitative estimate of drug-likeness (QED) is 0.918. The summed E-state index contributed by atoms with van der Waals surface area (Å²) in [5, 5.41) is 9.76. The van der Waals surface area contributed by atoms with Crippen LogP contribution in [0.3, 0.4) is 0 Å². The smallest absolute Gasteiger partial charge is 0.407 e. The van der Waals surface area contributed by atoms with Crippen molar-refractivity contribution in [1.29, 1.82) is 0 Å². The Morgan fingerprint density at radius 3 is 2.70 bits per heavy atom. The van der Waals surface area contributed by atoms with E-state index in [-0.39, 0.29) is 17.7 Å². The lowest BCUT2D eigenvalue weighted by molar-refractivity contribution is -0.120. The first kappa shape index (κ1) is 14.2. The minimum absolute atomic E-state index is 0.00675. The molecule has 23 heavy (non-hydrogen) atoms. The number of benzene rings is 1. The second kappa shape index (κ2) is 5.34. The summed E-state index contributed by atoms with van der Waals surface area (Å²) in [6.07, 6.45) is 0.847. The van der Waals surface area contributed by atoms with E-state index >= 15 is 0 Å². The summed E-state index contributed by atoms with van der Waals surface area (Å²) < 4.78 is 0. The maximum atomic E-state index is 12.6. The number of carbonyl (C=O) groups is 2. The van der Waals surface area contributed by atoms with Crippen molar-refractivity contribution in [2.45, 2.75) is 0 Å². The van der Waals surface area contributed by atoms with Crippen molar-refractivity contribution in [3.63, 3.8) is 0 Å². The van der Waals surface area contributed by atoms with Gasteiger partial charge in [0.05, 0.1) is 10.8 Å². The molecule has 118 valence electrons. The van der Waals surface area contributed by atoms with E-state index in [9.17, 15) is 9.59 Å². The van der Waals surface area contributed by atoms with Gasteiger partial charge in [-0.05, 0) is 5.56 Å². The Kier molecular flexibility index (Phi) is 3.30. The maximum Gasteiger partial charge on any atom is 0.407 e. The third kappa shape index (κ3) is 2.37. The molecule has 6 nitrogen and oxygen atoms in total. The van der Waals surface area contributed by atoms with E-state index in [0.29, 0.717) is 24.8 Å². The molecule has 1 N–H and O–H groups in total. The molecule has 0 radical (unpaired) electrons. The summed E-state index contributed by atoms with van der Waals surface area (Å²) in [5.41, 5.74) is 1.08. The number of hydrogen-bond donors (Lipinski definition) is 1. The fourth-order valence-electron chi connectivity index (χ4n) is 3.31. The lowest BCUT2D eigenvalue weighted by atomic mass is 10.0. The number of aromatic nitrogens is 1. The van der Waals surface area contributed by atoms with Crippen LogP contribution in [0.5, 0.6) is 0 Å². The van der Waals surface area contributed by atoms with Gasteiger partial charge < -0.3 is 10.0 Å². The summed E-state index contributed by atoms with van der Waals surface area (Å²) >= 11 is 1.50. The van der Waals surface area contributed by atoms with Gasteiger partial charge in [-0.2, -0.15) is 0 Å². The Morgan fingerprint density at radius 1 is 1.22 bits per heavy atom. The second-order valence-corrected chi connectivity index (χ2v) is 6.89. The molecular formula is C16H15N3O3S. The summed E-state index contributed by atoms with van der Waals surface area (Å²) in [5.74, 6) is -0.162. The zero-order valence-electron chi connectivity index (χ0n) is 12.3. The number of carboxylic acid groups (broad SMARTS) is 1. The predicted octanol–water partition coefficient (Wildman–Crippen LogP) is 2.38. The molecule has 2 amide bonds. The van der Waals surface area contributed by atoms with Crippen molar-refractivity contribution in [2.24, 2.45) is 11.8 Å². The van der Waals surface area contributed by atoms with Crippen molar-refractivity contribution < 1.29 is 14.7 Å². The Labute approximate surface area is 137 Å². The number of amides is 2. The van der Waals surface area contributed by atoms with E-state index in [1.165, 1.54) is 16.2 Å². The second-order valence-electron chi connectivity index (χ2n) is 5.88. The average Bonchev–Trinajstić information content (AvgIpc) is 3.24. The number of anilines is 1. The van der Waals surface area contributed by atoms with Crippen molar-refractivity contribution in [3.05, 3.63) is 36.5 Å². The molecule has 0 spiro atoms. The Bertz CT molecular complexity index is 761. The van der Waals surface area contributed by atoms with Crippen molar-refractivity contribution in [3.8, 4) is 10.4 Å². The number of carbonyl (C=O) groups excluding carboxylic acids is 1. The number of thiazole rings is 1. The van der Waals surface area contributed by atoms with Crippen LogP contribution in [0.4, 0.5) is 9.93 Å². The van der Waals surface area contributed by atoms with Gasteiger partial charge in [0, 0.05) is 31.7 Å². The van der Waals surface area contributed by atoms with Crippen molar-refractivity contribution >= 4 is 28.5 Å². The van der Waals surface area contributed by atoms with Gasteiger partial charge >= 0.3 is 6.09 Å². The largest absolute Gasteiger partial charge is 0.465 e. The molecule has 2 aliphatic heterocycles. The lowest BCUT2D eigenvalue weighted by Crippen LogP contribution is -2.34. The molecule has 2 unspecified atom stereocenters. The van der Waals surface area contributed by atoms with Crippen LogP contribution in [0, 0.1) is 11.8 Å². The van der Waals surface area contributed by atoms with E-state index in [4.69, 9.17) is 5.11 Å². The van der Waals surface area contributed by atoms with Crippen LogP contribution in [-0.4, -0.2) is 46.6 Å². The van der Waals surface area contributed by atoms with Gasteiger partial charge in [0.25, 0.3) is 0 Å². The minimum atomic E-state index is -0.945. The number of fused-ring (bicyclic) bond motifs is 1. The van der Waals surface area contributed by atoms with Gasteiger partial charge in [0.1, 0.15) is 0 Å². The Hall–Kier alpha value is -2.41. The molecule has 2 saturated heterocycles. The highest BCUT2D eigenvalue weighted by Crippen LogP contribution is 2.38. The molecule has 0 saturated carbocycles. The highest BCUT2D eigenvalue weighted by Gasteiger charge is 2.48. The standard InChI is InChI=1S/C16H15N3O3S/c20-14-12-9-18(16(21)22)7-11(12)8-19(14)15-17-6-13(23-15)10-4-2-1-3-5-10/h1-6,11-12H,7-9H2,(H,21,22). The Balaban J connectivity index is 1.54. The number of nitrogens with zero attached hydrogens (tertiary/aromatic N) is 3. The minimum Gasteiger partial charge on any atom is -0.465 e. The third-order valence-electron chi connectivity index (χ3n) is 4.49. The fourth-order valence-corrected chi connectivity index (χ4v) is 4.25. The average molecular weight is 329 g/mol. The van der Waals surface area contributed by atoms with Gasteiger partial charge in [-0.25, -0.2) is 9.78 Å². The molecule has 2 aromatic rings. The van der Waals surface area contributed by atoms with Crippen molar-refractivity contribution in [1.82, 2.24) is 9.88 Å². The molecule has 1 aromatic carbocycles. The summed E-state index contributed by atoms with van der Waals surface area (Å²) in [6, 6.07) is 9.94. The first-order chi connectivity index (χ1) is 11.1. The SMILES string of the molecule is O=C(O)N1CC2CN(c3ncc(-c4ccccc4)s3)C(=O)C2C1. The molecule has 2 fully saturated rings. The lowest BCUT2D eigenvalue weighted by Gasteiger charge is -2.17. The van der Waals surface area contributed by atoms with Gasteiger partial charge in [0.2, 0.25) is 5.91 Å². The molecule has 3 heterocycles. The van der Waals surface area contributed by atoms with E-state index in [1.807, 2.05) is 30.3 Å². The highest BCUT2D eigenvalue weighted by atomic mass is 32.1. The molecular weight excluding hydrogens is 314 g/mol. The molecule has 1 aromatic heterocycles. The predicted molar refractivity (Wildman–Crippen MR) is 86.5 cm³/mol. The first-order valence-corrected chi connectivity index (χ1v) is 8.25.